The summed E-state index contributed by atoms with van der Waals surface area (Å²) in [5, 5.41) is -0.0859. The lowest BCUT2D eigenvalue weighted by Crippen LogP contribution is -2.55. The summed E-state index contributed by atoms with van der Waals surface area (Å²) in [6.07, 6.45) is 1.84. The molecular weight excluding hydrogens is 441 g/mol. The van der Waals surface area contributed by atoms with E-state index in [9.17, 15) is 13.6 Å². The maximum Gasteiger partial charge on any atom is 0.255 e. The van der Waals surface area contributed by atoms with E-state index in [1.807, 2.05) is 18.2 Å². The molecule has 2 fully saturated rings. The molecule has 4 rings (SSSR count). The quantitative estimate of drug-likeness (QED) is 0.576. The molecule has 0 spiro atoms. The van der Waals surface area contributed by atoms with E-state index in [-0.39, 0.29) is 28.6 Å². The summed E-state index contributed by atoms with van der Waals surface area (Å²) in [7, 11) is 8.69. The first-order chi connectivity index (χ1) is 13.9. The lowest BCUT2D eigenvalue weighted by atomic mass is 10.1. The number of hydrogen-bond donors (Lipinski definition) is 0. The summed E-state index contributed by atoms with van der Waals surface area (Å²) < 4.78 is 32.5. The summed E-state index contributed by atoms with van der Waals surface area (Å²) in [6, 6.07) is 7.67. The third-order valence-electron chi connectivity index (χ3n) is 5.53. The van der Waals surface area contributed by atoms with Gasteiger partial charge >= 0.3 is 0 Å². The maximum absolute atomic E-state index is 13.7. The van der Waals surface area contributed by atoms with Gasteiger partial charge in [0.05, 0.1) is 23.4 Å². The molecule has 2 aliphatic heterocycles. The number of ether oxygens (including phenoxy) is 1. The van der Waals surface area contributed by atoms with Crippen LogP contribution in [0.5, 0.6) is 5.75 Å². The molecule has 2 aliphatic rings. The Kier molecular flexibility index (Phi) is 5.82. The molecule has 2 unspecified atom stereocenters. The van der Waals surface area contributed by atoms with Crippen molar-refractivity contribution in [2.45, 2.75) is 29.8 Å². The fourth-order valence-electron chi connectivity index (χ4n) is 4.24. The van der Waals surface area contributed by atoms with Gasteiger partial charge in [0.25, 0.3) is 5.91 Å². The minimum Gasteiger partial charge on any atom is -0.495 e. The Labute approximate surface area is 181 Å². The minimum absolute atomic E-state index is 0.0171. The number of carbonyl (C=O) groups excluding carboxylic acids is 1. The number of piperazine rings is 1. The van der Waals surface area contributed by atoms with Gasteiger partial charge < -0.3 is 14.5 Å². The van der Waals surface area contributed by atoms with Crippen molar-refractivity contribution in [1.82, 2.24) is 4.90 Å². The van der Waals surface area contributed by atoms with Gasteiger partial charge in [-0.05, 0) is 64.8 Å². The average molecular weight is 459 g/mol. The highest BCUT2D eigenvalue weighted by Crippen LogP contribution is 2.42. The van der Waals surface area contributed by atoms with E-state index in [0.717, 1.165) is 52.3 Å². The van der Waals surface area contributed by atoms with Gasteiger partial charge in [-0.3, -0.25) is 4.79 Å². The molecule has 154 valence electrons. The Morgan fingerprint density at radius 3 is 2.41 bits per heavy atom. The molecule has 29 heavy (non-hydrogen) atoms. The monoisotopic (exact) mass is 458 g/mol. The number of fused-ring (bicyclic) bond motifs is 2. The Bertz CT molecular complexity index is 948. The molecule has 9 heteroatoms. The van der Waals surface area contributed by atoms with E-state index >= 15 is 0 Å². The number of benzene rings is 2. The molecule has 1 amide bonds. The Morgan fingerprint density at radius 1 is 1.14 bits per heavy atom. The number of likely N-dealkylation sites (tertiary alicyclic amines) is 1. The van der Waals surface area contributed by atoms with Gasteiger partial charge in [-0.25, -0.2) is 8.78 Å². The highest BCUT2D eigenvalue weighted by atomic mass is 35.7. The normalized spacial score (nSPS) is 20.9. The number of carbonyl (C=O) groups is 1. The fraction of sp³-hybridized carbons (Fsp3) is 0.350. The number of rotatable bonds is 4. The highest BCUT2D eigenvalue weighted by Gasteiger charge is 2.43. The first-order valence-electron chi connectivity index (χ1n) is 9.11. The largest absolute Gasteiger partial charge is 0.495 e. The molecule has 4 nitrogen and oxygen atoms in total. The van der Waals surface area contributed by atoms with Crippen LogP contribution in [0.1, 0.15) is 23.2 Å². The number of hydrogen-bond acceptors (Lipinski definition) is 4. The fourth-order valence-corrected chi connectivity index (χ4v) is 5.03. The van der Waals surface area contributed by atoms with Crippen molar-refractivity contribution < 1.29 is 18.3 Å². The second-order valence-corrected chi connectivity index (χ2v) is 8.66. The summed E-state index contributed by atoms with van der Waals surface area (Å²) in [5.74, 6) is -1.79. The lowest BCUT2D eigenvalue weighted by molar-refractivity contribution is 0.0717. The molecule has 0 radical (unpaired) electrons. The van der Waals surface area contributed by atoms with Gasteiger partial charge in [-0.15, -0.1) is 0 Å². The van der Waals surface area contributed by atoms with Crippen LogP contribution < -0.4 is 9.64 Å². The SMILES string of the molecule is COc1ccc(SCl)cc1N1C2CCC1CN(C(=O)c1cc(F)c(F)cc1Cl)C2. The summed E-state index contributed by atoms with van der Waals surface area (Å²) in [4.78, 5) is 17.8. The van der Waals surface area contributed by atoms with Gasteiger partial charge in [0.1, 0.15) is 5.75 Å². The molecule has 0 aromatic heterocycles. The van der Waals surface area contributed by atoms with Crippen molar-refractivity contribution in [3.8, 4) is 5.75 Å². The highest BCUT2D eigenvalue weighted by molar-refractivity contribution is 8.21. The predicted molar refractivity (Wildman–Crippen MR) is 111 cm³/mol. The van der Waals surface area contributed by atoms with Crippen molar-refractivity contribution >= 4 is 44.9 Å². The van der Waals surface area contributed by atoms with Crippen molar-refractivity contribution in [2.24, 2.45) is 0 Å². The molecule has 0 N–H and O–H groups in total. The van der Waals surface area contributed by atoms with Crippen LogP contribution in [0.25, 0.3) is 0 Å². The van der Waals surface area contributed by atoms with Crippen LogP contribution in [0, 0.1) is 11.6 Å². The minimum atomic E-state index is -1.08. The van der Waals surface area contributed by atoms with Crippen LogP contribution in [0.2, 0.25) is 5.02 Å². The summed E-state index contributed by atoms with van der Waals surface area (Å²) in [6.45, 7) is 0.929. The van der Waals surface area contributed by atoms with Crippen LogP contribution in [0.15, 0.2) is 35.2 Å². The average Bonchev–Trinajstić information content (AvgIpc) is 2.98. The van der Waals surface area contributed by atoms with Gasteiger partial charge in [0.2, 0.25) is 0 Å². The van der Waals surface area contributed by atoms with E-state index in [0.29, 0.717) is 13.1 Å². The van der Waals surface area contributed by atoms with E-state index < -0.39 is 11.6 Å². The second kappa shape index (κ2) is 8.20. The van der Waals surface area contributed by atoms with Crippen LogP contribution >= 0.6 is 33.3 Å². The number of anilines is 1. The Hall–Kier alpha value is -1.70. The summed E-state index contributed by atoms with van der Waals surface area (Å²) in [5.41, 5.74) is 0.931. The van der Waals surface area contributed by atoms with E-state index in [2.05, 4.69) is 4.90 Å². The first-order valence-corrected chi connectivity index (χ1v) is 11.1. The molecule has 2 atom stereocenters. The van der Waals surface area contributed by atoms with Crippen LogP contribution in [-0.2, 0) is 0 Å². The Morgan fingerprint density at radius 2 is 1.79 bits per heavy atom. The molecule has 2 heterocycles. The molecule has 0 saturated carbocycles. The van der Waals surface area contributed by atoms with E-state index in [1.54, 1.807) is 12.0 Å². The number of halogens is 4. The zero-order chi connectivity index (χ0) is 20.7. The topological polar surface area (TPSA) is 32.8 Å². The third-order valence-corrected chi connectivity index (χ3v) is 6.81. The summed E-state index contributed by atoms with van der Waals surface area (Å²) >= 11 is 6.01. The molecule has 2 saturated heterocycles. The first kappa shape index (κ1) is 20.6. The van der Waals surface area contributed by atoms with E-state index in [1.165, 1.54) is 0 Å². The standard InChI is InChI=1S/C20H18Cl2F2N2O2S/c1-28-19-5-4-13(29-22)6-18(19)26-11-2-3-12(26)10-25(9-11)20(27)14-7-16(23)17(24)8-15(14)21/h4-8,11-12H,2-3,9-10H2,1H3. The molecular formula is C20H18Cl2F2N2O2S. The van der Waals surface area contributed by atoms with Crippen LogP contribution in [-0.4, -0.2) is 43.1 Å². The van der Waals surface area contributed by atoms with Gasteiger partial charge in [-0.1, -0.05) is 11.6 Å². The molecule has 2 aromatic carbocycles. The van der Waals surface area contributed by atoms with Crippen molar-refractivity contribution in [1.29, 1.82) is 0 Å². The number of amides is 1. The van der Waals surface area contributed by atoms with Gasteiger partial charge in [0.15, 0.2) is 11.6 Å². The maximum atomic E-state index is 13.7. The van der Waals surface area contributed by atoms with E-state index in [4.69, 9.17) is 27.0 Å². The van der Waals surface area contributed by atoms with Gasteiger partial charge in [0, 0.05) is 30.1 Å². The van der Waals surface area contributed by atoms with Crippen molar-refractivity contribution in [3.63, 3.8) is 0 Å². The third kappa shape index (κ3) is 3.76. The second-order valence-electron chi connectivity index (χ2n) is 7.16. The number of nitrogens with zero attached hydrogens (tertiary/aromatic N) is 2. The van der Waals surface area contributed by atoms with Gasteiger partial charge in [-0.2, -0.15) is 0 Å². The zero-order valence-electron chi connectivity index (χ0n) is 15.5. The van der Waals surface area contributed by atoms with Crippen LogP contribution in [0.4, 0.5) is 14.5 Å². The smallest absolute Gasteiger partial charge is 0.255 e. The number of methoxy groups -OCH3 is 1. The van der Waals surface area contributed by atoms with Crippen molar-refractivity contribution in [3.05, 3.63) is 52.6 Å². The lowest BCUT2D eigenvalue weighted by Gasteiger charge is -2.43. The Balaban J connectivity index is 1.60. The zero-order valence-corrected chi connectivity index (χ0v) is 17.8. The van der Waals surface area contributed by atoms with Crippen LogP contribution in [0.3, 0.4) is 0 Å². The molecule has 2 aromatic rings. The molecule has 2 bridgehead atoms. The van der Waals surface area contributed by atoms with Crippen molar-refractivity contribution in [2.75, 3.05) is 25.1 Å². The molecule has 0 aliphatic carbocycles. The predicted octanol–water partition coefficient (Wildman–Crippen LogP) is 5.37.